The third kappa shape index (κ3) is 5.30. The van der Waals surface area contributed by atoms with E-state index in [0.29, 0.717) is 13.1 Å². The van der Waals surface area contributed by atoms with Crippen molar-refractivity contribution in [2.45, 2.75) is 19.5 Å². The number of aryl methyl sites for hydroxylation is 1. The second kappa shape index (κ2) is 8.03. The average Bonchev–Trinajstić information content (AvgIpc) is 2.91. The third-order valence-corrected chi connectivity index (χ3v) is 4.35. The lowest BCUT2D eigenvalue weighted by Crippen LogP contribution is -2.40. The summed E-state index contributed by atoms with van der Waals surface area (Å²) in [7, 11) is 3.79. The van der Waals surface area contributed by atoms with Crippen LogP contribution in [0.5, 0.6) is 0 Å². The van der Waals surface area contributed by atoms with Crippen LogP contribution in [0.3, 0.4) is 0 Å². The van der Waals surface area contributed by atoms with E-state index in [-0.39, 0.29) is 17.9 Å². The second-order valence-electron chi connectivity index (χ2n) is 5.48. The molecule has 0 fully saturated rings. The Balaban J connectivity index is 1.87. The van der Waals surface area contributed by atoms with Gasteiger partial charge in [-0.1, -0.05) is 12.1 Å². The molecule has 1 aromatic carbocycles. The molecule has 5 nitrogen and oxygen atoms in total. The van der Waals surface area contributed by atoms with Crippen molar-refractivity contribution >= 4 is 17.4 Å². The Kier molecular flexibility index (Phi) is 6.06. The fraction of sp³-hybridized carbons (Fsp3) is 0.375. The van der Waals surface area contributed by atoms with E-state index in [2.05, 4.69) is 15.6 Å². The van der Waals surface area contributed by atoms with Gasteiger partial charge in [0.15, 0.2) is 0 Å². The van der Waals surface area contributed by atoms with Gasteiger partial charge in [0.25, 0.3) is 0 Å². The second-order valence-corrected chi connectivity index (χ2v) is 6.42. The molecule has 2 aromatic rings. The van der Waals surface area contributed by atoms with Crippen molar-refractivity contribution in [3.05, 3.63) is 51.7 Å². The molecule has 0 radical (unpaired) electrons. The molecule has 0 saturated heterocycles. The van der Waals surface area contributed by atoms with Crippen LogP contribution in [0.25, 0.3) is 0 Å². The number of urea groups is 1. The molecular weight excluding hydrogens is 315 g/mol. The first-order valence-corrected chi connectivity index (χ1v) is 8.18. The summed E-state index contributed by atoms with van der Waals surface area (Å²) in [5, 5.41) is 8.41. The standard InChI is InChI=1S/C16H21FN4OS/c1-11-10-23-15(20-11)9-19-16(22)18-8-14(21(2)3)12-5-4-6-13(17)7-12/h4-7,10,14H,8-9H2,1-3H3,(H2,18,19,22). The van der Waals surface area contributed by atoms with Crippen molar-refractivity contribution in [2.24, 2.45) is 0 Å². The number of carbonyl (C=O) groups is 1. The number of amides is 2. The van der Waals surface area contributed by atoms with Crippen molar-refractivity contribution in [1.29, 1.82) is 0 Å². The summed E-state index contributed by atoms with van der Waals surface area (Å²) in [4.78, 5) is 18.1. The quantitative estimate of drug-likeness (QED) is 0.853. The zero-order valence-corrected chi connectivity index (χ0v) is 14.3. The van der Waals surface area contributed by atoms with Crippen LogP contribution >= 0.6 is 11.3 Å². The summed E-state index contributed by atoms with van der Waals surface area (Å²) in [6, 6.07) is 6.06. The molecule has 0 saturated carbocycles. The van der Waals surface area contributed by atoms with E-state index in [1.54, 1.807) is 6.07 Å². The van der Waals surface area contributed by atoms with Crippen molar-refractivity contribution in [2.75, 3.05) is 20.6 Å². The Morgan fingerprint density at radius 3 is 2.78 bits per heavy atom. The highest BCUT2D eigenvalue weighted by Crippen LogP contribution is 2.18. The predicted octanol–water partition coefficient (Wildman–Crippen LogP) is 2.69. The number of halogens is 1. The Morgan fingerprint density at radius 2 is 2.17 bits per heavy atom. The van der Waals surface area contributed by atoms with Crippen LogP contribution in [-0.4, -0.2) is 36.6 Å². The van der Waals surface area contributed by atoms with E-state index in [9.17, 15) is 9.18 Å². The number of rotatable bonds is 6. The molecule has 2 amide bonds. The number of benzene rings is 1. The zero-order valence-electron chi connectivity index (χ0n) is 13.5. The lowest BCUT2D eigenvalue weighted by molar-refractivity contribution is 0.232. The highest BCUT2D eigenvalue weighted by Gasteiger charge is 2.15. The number of hydrogen-bond acceptors (Lipinski definition) is 4. The number of aromatic nitrogens is 1. The summed E-state index contributed by atoms with van der Waals surface area (Å²) in [5.74, 6) is -0.280. The van der Waals surface area contributed by atoms with E-state index in [0.717, 1.165) is 16.3 Å². The predicted molar refractivity (Wildman–Crippen MR) is 89.9 cm³/mol. The maximum atomic E-state index is 13.4. The lowest BCUT2D eigenvalue weighted by Gasteiger charge is -2.25. The van der Waals surface area contributed by atoms with Crippen molar-refractivity contribution < 1.29 is 9.18 Å². The van der Waals surface area contributed by atoms with Gasteiger partial charge in [-0.25, -0.2) is 14.2 Å². The van der Waals surface area contributed by atoms with Crippen LogP contribution in [0.4, 0.5) is 9.18 Å². The monoisotopic (exact) mass is 336 g/mol. The smallest absolute Gasteiger partial charge is 0.315 e. The molecule has 0 aliphatic heterocycles. The maximum absolute atomic E-state index is 13.4. The van der Waals surface area contributed by atoms with E-state index < -0.39 is 0 Å². The lowest BCUT2D eigenvalue weighted by atomic mass is 10.1. The van der Waals surface area contributed by atoms with Crippen LogP contribution in [0, 0.1) is 12.7 Å². The van der Waals surface area contributed by atoms with Gasteiger partial charge in [0.05, 0.1) is 12.6 Å². The van der Waals surface area contributed by atoms with Crippen molar-refractivity contribution in [3.63, 3.8) is 0 Å². The number of carbonyl (C=O) groups excluding carboxylic acids is 1. The topological polar surface area (TPSA) is 57.3 Å². The molecule has 0 bridgehead atoms. The number of likely N-dealkylation sites (N-methyl/N-ethyl adjacent to an activating group) is 1. The highest BCUT2D eigenvalue weighted by atomic mass is 32.1. The number of hydrogen-bond donors (Lipinski definition) is 2. The van der Waals surface area contributed by atoms with Gasteiger partial charge in [-0.05, 0) is 38.7 Å². The fourth-order valence-corrected chi connectivity index (χ4v) is 2.92. The first-order valence-electron chi connectivity index (χ1n) is 7.30. The molecule has 2 N–H and O–H groups in total. The largest absolute Gasteiger partial charge is 0.336 e. The average molecular weight is 336 g/mol. The van der Waals surface area contributed by atoms with Gasteiger partial charge < -0.3 is 15.5 Å². The molecule has 1 atom stereocenters. The van der Waals surface area contributed by atoms with E-state index >= 15 is 0 Å². The zero-order chi connectivity index (χ0) is 16.8. The van der Waals surface area contributed by atoms with Crippen LogP contribution in [-0.2, 0) is 6.54 Å². The molecule has 1 heterocycles. The molecule has 0 aliphatic carbocycles. The molecule has 0 spiro atoms. The highest BCUT2D eigenvalue weighted by molar-refractivity contribution is 7.09. The summed E-state index contributed by atoms with van der Waals surface area (Å²) in [6.45, 7) is 2.71. The van der Waals surface area contributed by atoms with Crippen LogP contribution < -0.4 is 10.6 Å². The maximum Gasteiger partial charge on any atom is 0.315 e. The van der Waals surface area contributed by atoms with E-state index in [4.69, 9.17) is 0 Å². The Bertz CT molecular complexity index is 659. The van der Waals surface area contributed by atoms with Crippen LogP contribution in [0.1, 0.15) is 22.3 Å². The number of thiazole rings is 1. The first-order chi connectivity index (χ1) is 11.0. The van der Waals surface area contributed by atoms with Gasteiger partial charge in [0.1, 0.15) is 10.8 Å². The van der Waals surface area contributed by atoms with Crippen LogP contribution in [0.15, 0.2) is 29.6 Å². The molecule has 0 aliphatic rings. The summed E-state index contributed by atoms with van der Waals surface area (Å²) in [5.41, 5.74) is 1.77. The number of nitrogens with one attached hydrogen (secondary N) is 2. The molecule has 1 unspecified atom stereocenters. The summed E-state index contributed by atoms with van der Waals surface area (Å²) in [6.07, 6.45) is 0. The minimum Gasteiger partial charge on any atom is -0.336 e. The molecule has 1 aromatic heterocycles. The third-order valence-electron chi connectivity index (χ3n) is 3.38. The van der Waals surface area contributed by atoms with Gasteiger partial charge in [-0.2, -0.15) is 0 Å². The summed E-state index contributed by atoms with van der Waals surface area (Å²) < 4.78 is 13.4. The van der Waals surface area contributed by atoms with Crippen LogP contribution in [0.2, 0.25) is 0 Å². The van der Waals surface area contributed by atoms with Crippen molar-refractivity contribution in [1.82, 2.24) is 20.5 Å². The minimum absolute atomic E-state index is 0.0986. The van der Waals surface area contributed by atoms with Gasteiger partial charge in [0, 0.05) is 17.6 Å². The van der Waals surface area contributed by atoms with Gasteiger partial charge in [-0.15, -0.1) is 11.3 Å². The Hall–Kier alpha value is -1.99. The molecule has 2 rings (SSSR count). The normalized spacial score (nSPS) is 12.2. The first kappa shape index (κ1) is 17.4. The van der Waals surface area contributed by atoms with Gasteiger partial charge in [-0.3, -0.25) is 0 Å². The molecule has 7 heteroatoms. The van der Waals surface area contributed by atoms with Gasteiger partial charge >= 0.3 is 6.03 Å². The Morgan fingerprint density at radius 1 is 1.39 bits per heavy atom. The minimum atomic E-state index is -0.280. The SMILES string of the molecule is Cc1csc(CNC(=O)NCC(c2cccc(F)c2)N(C)C)n1. The Labute approximate surface area is 139 Å². The molecular formula is C16H21FN4OS. The molecule has 124 valence electrons. The molecule has 23 heavy (non-hydrogen) atoms. The van der Waals surface area contributed by atoms with Gasteiger partial charge in [0.2, 0.25) is 0 Å². The number of nitrogens with zero attached hydrogens (tertiary/aromatic N) is 2. The van der Waals surface area contributed by atoms with Crippen molar-refractivity contribution in [3.8, 4) is 0 Å². The fourth-order valence-electron chi connectivity index (χ4n) is 2.20. The van der Waals surface area contributed by atoms with E-state index in [1.165, 1.54) is 23.5 Å². The van der Waals surface area contributed by atoms with E-state index in [1.807, 2.05) is 37.4 Å². The summed E-state index contributed by atoms with van der Waals surface area (Å²) >= 11 is 1.52.